The summed E-state index contributed by atoms with van der Waals surface area (Å²) in [5.74, 6) is 0.671. The third kappa shape index (κ3) is 5.32. The number of benzene rings is 2. The maximum absolute atomic E-state index is 13.2. The van der Waals surface area contributed by atoms with E-state index in [1.54, 1.807) is 17.9 Å². The van der Waals surface area contributed by atoms with Crippen molar-refractivity contribution in [2.45, 2.75) is 32.0 Å². The van der Waals surface area contributed by atoms with Crippen molar-refractivity contribution in [3.8, 4) is 11.8 Å². The van der Waals surface area contributed by atoms with Crippen LogP contribution in [0.5, 0.6) is 5.75 Å². The van der Waals surface area contributed by atoms with Crippen LogP contribution in [-0.2, 0) is 17.5 Å². The lowest BCUT2D eigenvalue weighted by Gasteiger charge is -2.23. The Morgan fingerprint density at radius 2 is 1.93 bits per heavy atom. The maximum atomic E-state index is 13.2. The van der Waals surface area contributed by atoms with E-state index >= 15 is 0 Å². The molecular formula is C20H21ClF3N3O2. The topological polar surface area (TPSA) is 71.5 Å². The van der Waals surface area contributed by atoms with E-state index in [-0.39, 0.29) is 25.1 Å². The molecule has 9 heteroatoms. The smallest absolute Gasteiger partial charge is 0.417 e. The van der Waals surface area contributed by atoms with E-state index < -0.39 is 23.5 Å². The minimum atomic E-state index is -4.59. The monoisotopic (exact) mass is 427 g/mol. The third-order valence-electron chi connectivity index (χ3n) is 4.58. The van der Waals surface area contributed by atoms with Gasteiger partial charge in [-0.2, -0.15) is 18.4 Å². The molecule has 2 atom stereocenters. The van der Waals surface area contributed by atoms with Gasteiger partial charge in [-0.1, -0.05) is 12.1 Å². The summed E-state index contributed by atoms with van der Waals surface area (Å²) >= 11 is 0. The van der Waals surface area contributed by atoms with Gasteiger partial charge in [0, 0.05) is 12.2 Å². The molecule has 2 aromatic rings. The van der Waals surface area contributed by atoms with Gasteiger partial charge in [0.05, 0.1) is 23.7 Å². The largest absolute Gasteiger partial charge is 0.491 e. The van der Waals surface area contributed by atoms with Crippen molar-refractivity contribution in [3.05, 3.63) is 59.2 Å². The zero-order valence-electron chi connectivity index (χ0n) is 15.6. The van der Waals surface area contributed by atoms with Gasteiger partial charge in [0.2, 0.25) is 0 Å². The SMILES string of the molecule is C[C@H]1O[C@H](COc2ccc(CN)cc2)CN1c1ccc(C#N)c(C(F)(F)F)c1.Cl. The van der Waals surface area contributed by atoms with E-state index in [0.717, 1.165) is 11.6 Å². The molecule has 0 saturated carbocycles. The summed E-state index contributed by atoms with van der Waals surface area (Å²) in [7, 11) is 0. The van der Waals surface area contributed by atoms with Crippen LogP contribution in [0.15, 0.2) is 42.5 Å². The van der Waals surface area contributed by atoms with Crippen LogP contribution in [0, 0.1) is 11.3 Å². The molecule has 0 bridgehead atoms. The Bertz CT molecular complexity index is 869. The van der Waals surface area contributed by atoms with Gasteiger partial charge < -0.3 is 20.1 Å². The first kappa shape index (κ1) is 22.8. The first-order valence-corrected chi connectivity index (χ1v) is 8.77. The second kappa shape index (κ2) is 9.35. The molecule has 0 radical (unpaired) electrons. The highest BCUT2D eigenvalue weighted by molar-refractivity contribution is 5.85. The number of nitriles is 1. The highest BCUT2D eigenvalue weighted by atomic mass is 35.5. The Labute approximate surface area is 173 Å². The molecule has 5 nitrogen and oxygen atoms in total. The van der Waals surface area contributed by atoms with E-state index in [1.165, 1.54) is 12.1 Å². The molecule has 2 aromatic carbocycles. The molecular weight excluding hydrogens is 407 g/mol. The van der Waals surface area contributed by atoms with Crippen LogP contribution in [0.25, 0.3) is 0 Å². The van der Waals surface area contributed by atoms with E-state index in [0.29, 0.717) is 24.5 Å². The molecule has 1 aliphatic rings. The van der Waals surface area contributed by atoms with Crippen LogP contribution >= 0.6 is 12.4 Å². The maximum Gasteiger partial charge on any atom is 0.417 e. The van der Waals surface area contributed by atoms with Gasteiger partial charge in [-0.25, -0.2) is 0 Å². The van der Waals surface area contributed by atoms with Gasteiger partial charge >= 0.3 is 6.18 Å². The lowest BCUT2D eigenvalue weighted by molar-refractivity contribution is -0.137. The van der Waals surface area contributed by atoms with Gasteiger partial charge in [0.25, 0.3) is 0 Å². The predicted molar refractivity (Wildman–Crippen MR) is 105 cm³/mol. The normalized spacial score (nSPS) is 18.8. The van der Waals surface area contributed by atoms with Crippen LogP contribution in [-0.4, -0.2) is 25.5 Å². The molecule has 0 aromatic heterocycles. The number of nitrogens with two attached hydrogens (primary N) is 1. The van der Waals surface area contributed by atoms with Crippen molar-refractivity contribution in [1.82, 2.24) is 0 Å². The highest BCUT2D eigenvalue weighted by Crippen LogP contribution is 2.36. The van der Waals surface area contributed by atoms with Gasteiger partial charge in [-0.05, 0) is 42.8 Å². The molecule has 3 rings (SSSR count). The van der Waals surface area contributed by atoms with Crippen molar-refractivity contribution in [2.75, 3.05) is 18.1 Å². The number of nitrogens with zero attached hydrogens (tertiary/aromatic N) is 2. The molecule has 2 N–H and O–H groups in total. The minimum absolute atomic E-state index is 0. The molecule has 0 spiro atoms. The molecule has 1 heterocycles. The van der Waals surface area contributed by atoms with Crippen LogP contribution in [0.1, 0.15) is 23.6 Å². The average molecular weight is 428 g/mol. The molecule has 0 aliphatic carbocycles. The fourth-order valence-corrected chi connectivity index (χ4v) is 3.12. The van der Waals surface area contributed by atoms with Crippen LogP contribution < -0.4 is 15.4 Å². The summed E-state index contributed by atoms with van der Waals surface area (Å²) in [6.07, 6.45) is -5.31. The van der Waals surface area contributed by atoms with Crippen molar-refractivity contribution in [3.63, 3.8) is 0 Å². The summed E-state index contributed by atoms with van der Waals surface area (Å²) in [6.45, 7) is 2.86. The highest BCUT2D eigenvalue weighted by Gasteiger charge is 2.36. The molecule has 29 heavy (non-hydrogen) atoms. The second-order valence-corrected chi connectivity index (χ2v) is 6.51. The zero-order chi connectivity index (χ0) is 20.3. The molecule has 1 fully saturated rings. The Morgan fingerprint density at radius 1 is 1.24 bits per heavy atom. The number of anilines is 1. The van der Waals surface area contributed by atoms with Gasteiger partial charge in [-0.3, -0.25) is 0 Å². The van der Waals surface area contributed by atoms with Crippen LogP contribution in [0.3, 0.4) is 0 Å². The second-order valence-electron chi connectivity index (χ2n) is 6.51. The predicted octanol–water partition coefficient (Wildman–Crippen LogP) is 4.09. The van der Waals surface area contributed by atoms with E-state index in [1.807, 2.05) is 24.3 Å². The quantitative estimate of drug-likeness (QED) is 0.778. The molecule has 0 amide bonds. The summed E-state index contributed by atoms with van der Waals surface area (Å²) in [5, 5.41) is 8.93. The molecule has 156 valence electrons. The van der Waals surface area contributed by atoms with Crippen LogP contribution in [0.2, 0.25) is 0 Å². The molecule has 0 unspecified atom stereocenters. The summed E-state index contributed by atoms with van der Waals surface area (Å²) in [6, 6.07) is 12.6. The number of hydrogen-bond acceptors (Lipinski definition) is 5. The third-order valence-corrected chi connectivity index (χ3v) is 4.58. The average Bonchev–Trinajstić information content (AvgIpc) is 3.06. The first-order valence-electron chi connectivity index (χ1n) is 8.77. The van der Waals surface area contributed by atoms with E-state index in [9.17, 15) is 13.2 Å². The number of hydrogen-bond donors (Lipinski definition) is 1. The molecule has 1 aliphatic heterocycles. The Morgan fingerprint density at radius 3 is 2.52 bits per heavy atom. The van der Waals surface area contributed by atoms with Gasteiger partial charge in [0.1, 0.15) is 24.7 Å². The number of rotatable bonds is 5. The summed E-state index contributed by atoms with van der Waals surface area (Å²) < 4.78 is 51.2. The van der Waals surface area contributed by atoms with Crippen LogP contribution in [0.4, 0.5) is 18.9 Å². The van der Waals surface area contributed by atoms with E-state index in [2.05, 4.69) is 0 Å². The summed E-state index contributed by atoms with van der Waals surface area (Å²) in [5.41, 5.74) is 5.56. The summed E-state index contributed by atoms with van der Waals surface area (Å²) in [4.78, 5) is 1.72. The van der Waals surface area contributed by atoms with Crippen molar-refractivity contribution >= 4 is 18.1 Å². The Kier molecular flexibility index (Phi) is 7.36. The van der Waals surface area contributed by atoms with Gasteiger partial charge in [0.15, 0.2) is 0 Å². The Hall–Kier alpha value is -2.47. The lowest BCUT2D eigenvalue weighted by Crippen LogP contribution is -2.28. The minimum Gasteiger partial charge on any atom is -0.491 e. The van der Waals surface area contributed by atoms with Crippen molar-refractivity contribution < 1.29 is 22.6 Å². The standard InChI is InChI=1S/C20H20F3N3O2.ClH/c1-13-26(16-5-4-15(10-25)19(8-16)20(21,22)23)11-18(28-13)12-27-17-6-2-14(9-24)3-7-17;/h2-8,13,18H,9,11-12,24H2,1H3;1H/t13-,18+;/m1./s1. The fourth-order valence-electron chi connectivity index (χ4n) is 3.12. The molecule has 1 saturated heterocycles. The van der Waals surface area contributed by atoms with Crippen molar-refractivity contribution in [2.24, 2.45) is 5.73 Å². The Balaban J connectivity index is 0.00000300. The van der Waals surface area contributed by atoms with Crippen molar-refractivity contribution in [1.29, 1.82) is 5.26 Å². The van der Waals surface area contributed by atoms with E-state index in [4.69, 9.17) is 20.5 Å². The zero-order valence-corrected chi connectivity index (χ0v) is 16.5. The number of alkyl halides is 3. The number of halogens is 4. The first-order chi connectivity index (χ1) is 13.3. The van der Waals surface area contributed by atoms with Gasteiger partial charge in [-0.15, -0.1) is 12.4 Å². The number of ether oxygens (including phenoxy) is 2. The fraction of sp³-hybridized carbons (Fsp3) is 0.350. The lowest BCUT2D eigenvalue weighted by atomic mass is 10.1.